The van der Waals surface area contributed by atoms with Crippen LogP contribution < -0.4 is 0 Å². The lowest BCUT2D eigenvalue weighted by molar-refractivity contribution is 0.100. The van der Waals surface area contributed by atoms with Gasteiger partial charge in [-0.25, -0.2) is 0 Å². The van der Waals surface area contributed by atoms with E-state index in [-0.39, 0.29) is 6.10 Å². The summed E-state index contributed by atoms with van der Waals surface area (Å²) in [5.74, 6) is 4.04. The summed E-state index contributed by atoms with van der Waals surface area (Å²) in [4.78, 5) is 0. The summed E-state index contributed by atoms with van der Waals surface area (Å²) in [6, 6.07) is 9.15. The minimum absolute atomic E-state index is 0.247. The van der Waals surface area contributed by atoms with Gasteiger partial charge in [0, 0.05) is 7.11 Å². The van der Waals surface area contributed by atoms with Gasteiger partial charge < -0.3 is 4.74 Å². The van der Waals surface area contributed by atoms with E-state index in [9.17, 15) is 0 Å². The average Bonchev–Trinajstić information content (AvgIpc) is 2.80. The lowest BCUT2D eigenvalue weighted by Crippen LogP contribution is -2.25. The molecular weight excluding hydrogens is 364 g/mol. The van der Waals surface area contributed by atoms with Gasteiger partial charge >= 0.3 is 0 Å². The molecule has 2 aliphatic rings. The molecule has 1 atom stereocenters. The van der Waals surface area contributed by atoms with Crippen LogP contribution in [0.25, 0.3) is 0 Å². The first-order valence-electron chi connectivity index (χ1n) is 13.0. The van der Waals surface area contributed by atoms with Crippen LogP contribution in [0.1, 0.15) is 108 Å². The summed E-state index contributed by atoms with van der Waals surface area (Å²) in [5, 5.41) is 0. The van der Waals surface area contributed by atoms with E-state index < -0.39 is 0 Å². The van der Waals surface area contributed by atoms with Crippen LogP contribution in [0.5, 0.6) is 0 Å². The van der Waals surface area contributed by atoms with Crippen LogP contribution >= 0.6 is 0 Å². The number of unbranched alkanes of at least 4 members (excludes halogenated alkanes) is 1. The number of benzene rings is 1. The van der Waals surface area contributed by atoms with Gasteiger partial charge in [0.15, 0.2) is 0 Å². The van der Waals surface area contributed by atoms with Crippen molar-refractivity contribution in [3.05, 3.63) is 48.0 Å². The van der Waals surface area contributed by atoms with E-state index in [1.54, 1.807) is 0 Å². The third-order valence-electron chi connectivity index (χ3n) is 8.28. The molecular formula is C29H46O. The molecule has 0 amide bonds. The normalized spacial score (nSPS) is 28.2. The third-order valence-corrected chi connectivity index (χ3v) is 8.28. The Kier molecular flexibility index (Phi) is 9.98. The maximum Gasteiger partial charge on any atom is 0.0818 e. The largest absolute Gasteiger partial charge is 0.377 e. The molecule has 0 spiro atoms. The number of allylic oxidation sites excluding steroid dienone is 1. The van der Waals surface area contributed by atoms with Gasteiger partial charge in [-0.05, 0) is 99.0 Å². The third kappa shape index (κ3) is 6.98. The fraction of sp³-hybridized carbons (Fsp3) is 0.724. The molecule has 0 aromatic heterocycles. The Labute approximate surface area is 186 Å². The molecule has 0 saturated heterocycles. The number of ether oxygens (including phenoxy) is 1. The van der Waals surface area contributed by atoms with Crippen LogP contribution in [-0.2, 0) is 11.2 Å². The van der Waals surface area contributed by atoms with E-state index in [1.165, 1.54) is 94.6 Å². The van der Waals surface area contributed by atoms with Gasteiger partial charge in [-0.15, -0.1) is 6.58 Å². The standard InChI is InChI=1S/C29H46O/c1-4-8-23-11-17-26(18-12-23)27-19-13-24(14-20-27)9-6-7-10-25-15-21-28(22-16-25)29(5-2)30-3/h4,15-16,21-24,26-27,29H,1,5-14,17-20H2,2-3H3/t23-,24-,26-,27-,29?. The molecule has 1 aromatic carbocycles. The van der Waals surface area contributed by atoms with Crippen LogP contribution in [-0.4, -0.2) is 7.11 Å². The predicted octanol–water partition coefficient (Wildman–Crippen LogP) is 8.69. The van der Waals surface area contributed by atoms with E-state index in [4.69, 9.17) is 4.74 Å². The topological polar surface area (TPSA) is 9.23 Å². The van der Waals surface area contributed by atoms with Crippen LogP contribution in [0.2, 0.25) is 0 Å². The number of aryl methyl sites for hydroxylation is 1. The van der Waals surface area contributed by atoms with Crippen molar-refractivity contribution in [2.24, 2.45) is 23.7 Å². The molecule has 1 unspecified atom stereocenters. The first-order chi connectivity index (χ1) is 14.7. The first-order valence-corrected chi connectivity index (χ1v) is 13.0. The molecule has 1 aromatic rings. The first kappa shape index (κ1) is 23.6. The van der Waals surface area contributed by atoms with Gasteiger partial charge in [0.05, 0.1) is 6.10 Å². The summed E-state index contributed by atoms with van der Waals surface area (Å²) < 4.78 is 5.55. The highest BCUT2D eigenvalue weighted by Crippen LogP contribution is 2.42. The maximum atomic E-state index is 5.55. The quantitative estimate of drug-likeness (QED) is 0.262. The molecule has 1 nitrogen and oxygen atoms in total. The van der Waals surface area contributed by atoms with Crippen molar-refractivity contribution in [2.75, 3.05) is 7.11 Å². The van der Waals surface area contributed by atoms with Gasteiger partial charge in [0.25, 0.3) is 0 Å². The van der Waals surface area contributed by atoms with E-state index in [2.05, 4.69) is 43.8 Å². The van der Waals surface area contributed by atoms with Crippen molar-refractivity contribution >= 4 is 0 Å². The zero-order valence-electron chi connectivity index (χ0n) is 19.8. The van der Waals surface area contributed by atoms with Crippen molar-refractivity contribution in [2.45, 2.75) is 103 Å². The maximum absolute atomic E-state index is 5.55. The van der Waals surface area contributed by atoms with Gasteiger partial charge in [-0.2, -0.15) is 0 Å². The van der Waals surface area contributed by atoms with Crippen LogP contribution in [0.4, 0.5) is 0 Å². The number of methoxy groups -OCH3 is 1. The monoisotopic (exact) mass is 410 g/mol. The molecule has 0 heterocycles. The zero-order valence-corrected chi connectivity index (χ0v) is 19.8. The second kappa shape index (κ2) is 12.7. The summed E-state index contributed by atoms with van der Waals surface area (Å²) >= 11 is 0. The van der Waals surface area contributed by atoms with Gasteiger partial charge in [0.2, 0.25) is 0 Å². The van der Waals surface area contributed by atoms with Crippen molar-refractivity contribution in [1.29, 1.82) is 0 Å². The van der Waals surface area contributed by atoms with Crippen molar-refractivity contribution in [3.8, 4) is 0 Å². The molecule has 2 aliphatic carbocycles. The SMILES string of the molecule is C=CC[C@H]1CC[C@H]([C@H]2CC[C@H](CCCCc3ccc(C(CC)OC)cc3)CC2)CC1. The summed E-state index contributed by atoms with van der Waals surface area (Å²) in [6.45, 7) is 6.12. The molecule has 0 radical (unpaired) electrons. The van der Waals surface area contributed by atoms with Gasteiger partial charge in [0.1, 0.15) is 0 Å². The molecule has 3 rings (SSSR count). The van der Waals surface area contributed by atoms with E-state index in [0.717, 1.165) is 30.1 Å². The van der Waals surface area contributed by atoms with E-state index in [0.29, 0.717) is 0 Å². The Morgan fingerprint density at radius 1 is 0.900 bits per heavy atom. The molecule has 2 saturated carbocycles. The molecule has 1 heteroatoms. The molecule has 0 N–H and O–H groups in total. The minimum atomic E-state index is 0.247. The fourth-order valence-corrected chi connectivity index (χ4v) is 6.28. The van der Waals surface area contributed by atoms with E-state index >= 15 is 0 Å². The second-order valence-electron chi connectivity index (χ2n) is 10.2. The number of hydrogen-bond donors (Lipinski definition) is 0. The highest BCUT2D eigenvalue weighted by atomic mass is 16.5. The second-order valence-corrected chi connectivity index (χ2v) is 10.2. The highest BCUT2D eigenvalue weighted by Gasteiger charge is 2.30. The molecule has 30 heavy (non-hydrogen) atoms. The van der Waals surface area contributed by atoms with Crippen molar-refractivity contribution in [3.63, 3.8) is 0 Å². The number of rotatable bonds is 11. The Bertz CT molecular complexity index is 583. The lowest BCUT2D eigenvalue weighted by atomic mass is 9.68. The van der Waals surface area contributed by atoms with Crippen molar-refractivity contribution in [1.82, 2.24) is 0 Å². The van der Waals surface area contributed by atoms with Gasteiger partial charge in [-0.1, -0.05) is 62.9 Å². The summed E-state index contributed by atoms with van der Waals surface area (Å²) in [5.41, 5.74) is 2.80. The van der Waals surface area contributed by atoms with Crippen LogP contribution in [0.3, 0.4) is 0 Å². The average molecular weight is 411 g/mol. The highest BCUT2D eigenvalue weighted by molar-refractivity contribution is 5.24. The molecule has 0 bridgehead atoms. The minimum Gasteiger partial charge on any atom is -0.377 e. The Hall–Kier alpha value is -1.08. The predicted molar refractivity (Wildman–Crippen MR) is 130 cm³/mol. The van der Waals surface area contributed by atoms with Crippen LogP contribution in [0.15, 0.2) is 36.9 Å². The Balaban J connectivity index is 1.29. The summed E-state index contributed by atoms with van der Waals surface area (Å²) in [7, 11) is 1.81. The molecule has 168 valence electrons. The van der Waals surface area contributed by atoms with Crippen LogP contribution in [0, 0.1) is 23.7 Å². The smallest absolute Gasteiger partial charge is 0.0818 e. The lowest BCUT2D eigenvalue weighted by Gasteiger charge is -2.37. The molecule has 0 aliphatic heterocycles. The molecule has 2 fully saturated rings. The number of hydrogen-bond acceptors (Lipinski definition) is 1. The Morgan fingerprint density at radius 2 is 1.50 bits per heavy atom. The van der Waals surface area contributed by atoms with Crippen molar-refractivity contribution < 1.29 is 4.74 Å². The zero-order chi connectivity index (χ0) is 21.2. The Morgan fingerprint density at radius 3 is 2.03 bits per heavy atom. The summed E-state index contributed by atoms with van der Waals surface area (Å²) in [6.07, 6.45) is 22.0. The fourth-order valence-electron chi connectivity index (χ4n) is 6.28. The van der Waals surface area contributed by atoms with E-state index in [1.807, 2.05) is 7.11 Å². The van der Waals surface area contributed by atoms with Gasteiger partial charge in [-0.3, -0.25) is 0 Å².